The van der Waals surface area contributed by atoms with E-state index in [4.69, 9.17) is 5.11 Å². The molecule has 0 fully saturated rings. The molecule has 1 rings (SSSR count). The number of carboxylic acid groups (broad SMARTS) is 1. The fourth-order valence-corrected chi connectivity index (χ4v) is 3.27. The first-order valence-electron chi connectivity index (χ1n) is 4.72. The van der Waals surface area contributed by atoms with Gasteiger partial charge in [-0.2, -0.15) is 5.10 Å². The lowest BCUT2D eigenvalue weighted by molar-refractivity contribution is -0.133. The minimum atomic E-state index is -1.40. The van der Waals surface area contributed by atoms with Gasteiger partial charge in [0.25, 0.3) is 0 Å². The molecular formula is C9H13BrN2O3S. The number of aryl methyl sites for hydroxylation is 2. The lowest BCUT2D eigenvalue weighted by Crippen LogP contribution is -2.12. The van der Waals surface area contributed by atoms with E-state index in [2.05, 4.69) is 21.0 Å². The van der Waals surface area contributed by atoms with Crippen LogP contribution in [0.1, 0.15) is 18.3 Å². The van der Waals surface area contributed by atoms with Crippen LogP contribution in [0.2, 0.25) is 0 Å². The highest BCUT2D eigenvalue weighted by atomic mass is 79.9. The summed E-state index contributed by atoms with van der Waals surface area (Å²) in [5.74, 6) is -1.18. The maximum absolute atomic E-state index is 11.5. The van der Waals surface area contributed by atoms with E-state index in [-0.39, 0.29) is 11.5 Å². The molecule has 0 aliphatic heterocycles. The van der Waals surface area contributed by atoms with Crippen molar-refractivity contribution < 1.29 is 14.1 Å². The number of hydrogen-bond acceptors (Lipinski definition) is 3. The molecular weight excluding hydrogens is 296 g/mol. The van der Waals surface area contributed by atoms with Crippen LogP contribution in [0, 0.1) is 0 Å². The fourth-order valence-electron chi connectivity index (χ4n) is 1.32. The summed E-state index contributed by atoms with van der Waals surface area (Å²) < 4.78 is 14.0. The van der Waals surface area contributed by atoms with Gasteiger partial charge in [-0.1, -0.05) is 6.92 Å². The van der Waals surface area contributed by atoms with Gasteiger partial charge >= 0.3 is 5.97 Å². The molecule has 1 heterocycles. The van der Waals surface area contributed by atoms with Gasteiger partial charge in [0.2, 0.25) is 0 Å². The Morgan fingerprint density at radius 1 is 1.62 bits per heavy atom. The van der Waals surface area contributed by atoms with Crippen LogP contribution >= 0.6 is 15.9 Å². The molecule has 0 aliphatic carbocycles. The molecule has 0 saturated heterocycles. The van der Waals surface area contributed by atoms with Crippen LogP contribution < -0.4 is 0 Å². The van der Waals surface area contributed by atoms with Gasteiger partial charge in [-0.25, -0.2) is 0 Å². The first kappa shape index (κ1) is 13.4. The molecule has 1 N–H and O–H groups in total. The molecule has 1 unspecified atom stereocenters. The third-order valence-electron chi connectivity index (χ3n) is 2.09. The highest BCUT2D eigenvalue weighted by Crippen LogP contribution is 2.22. The normalized spacial score (nSPS) is 12.7. The number of halogens is 1. The average Bonchev–Trinajstić information content (AvgIpc) is 2.44. The van der Waals surface area contributed by atoms with Crippen molar-refractivity contribution in [3.8, 4) is 0 Å². The van der Waals surface area contributed by atoms with Crippen molar-refractivity contribution in [2.75, 3.05) is 5.75 Å². The smallest absolute Gasteiger partial charge is 0.316 e. The molecule has 0 aliphatic rings. The third-order valence-corrected chi connectivity index (χ3v) is 4.16. The molecule has 90 valence electrons. The van der Waals surface area contributed by atoms with Gasteiger partial charge in [-0.15, -0.1) is 0 Å². The molecule has 0 amide bonds. The quantitative estimate of drug-likeness (QED) is 0.883. The summed E-state index contributed by atoms with van der Waals surface area (Å²) in [6, 6.07) is 0. The van der Waals surface area contributed by atoms with Crippen LogP contribution in [0.15, 0.2) is 4.47 Å². The second kappa shape index (κ2) is 5.58. The molecule has 0 bridgehead atoms. The molecule has 1 atom stereocenters. The topological polar surface area (TPSA) is 72.2 Å². The maximum atomic E-state index is 11.5. The average molecular weight is 309 g/mol. The summed E-state index contributed by atoms with van der Waals surface area (Å²) in [5, 5.41) is 12.8. The summed E-state index contributed by atoms with van der Waals surface area (Å²) in [5.41, 5.74) is 1.67. The number of aromatic nitrogens is 2. The van der Waals surface area contributed by atoms with Crippen molar-refractivity contribution >= 4 is 32.7 Å². The predicted molar refractivity (Wildman–Crippen MR) is 64.6 cm³/mol. The second-order valence-corrected chi connectivity index (χ2v) is 5.56. The lowest BCUT2D eigenvalue weighted by Gasteiger charge is -2.01. The molecule has 0 spiro atoms. The Labute approximate surface area is 104 Å². The standard InChI is InChI=1S/C9H13BrN2O3S/c1-3-6-9(10)7(12(2)11-6)4-16(15)5-8(13)14/h3-5H2,1-2H3,(H,13,14). The van der Waals surface area contributed by atoms with Gasteiger partial charge in [0.1, 0.15) is 5.75 Å². The summed E-state index contributed by atoms with van der Waals surface area (Å²) in [4.78, 5) is 10.4. The van der Waals surface area contributed by atoms with Crippen molar-refractivity contribution in [2.45, 2.75) is 19.1 Å². The van der Waals surface area contributed by atoms with E-state index >= 15 is 0 Å². The van der Waals surface area contributed by atoms with Crippen LogP contribution in [-0.2, 0) is 34.8 Å². The molecule has 1 aromatic rings. The Balaban J connectivity index is 2.85. The molecule has 0 saturated carbocycles. The van der Waals surface area contributed by atoms with Crippen molar-refractivity contribution in [1.82, 2.24) is 9.78 Å². The number of rotatable bonds is 5. The molecule has 7 heteroatoms. The number of hydrogen-bond donors (Lipinski definition) is 1. The Morgan fingerprint density at radius 3 is 2.69 bits per heavy atom. The zero-order valence-corrected chi connectivity index (χ0v) is 11.5. The number of aliphatic carboxylic acids is 1. The zero-order valence-electron chi connectivity index (χ0n) is 9.07. The van der Waals surface area contributed by atoms with E-state index in [9.17, 15) is 9.00 Å². The molecule has 1 aromatic heterocycles. The zero-order chi connectivity index (χ0) is 12.3. The number of nitrogens with zero attached hydrogens (tertiary/aromatic N) is 2. The molecule has 16 heavy (non-hydrogen) atoms. The Kier molecular flexibility index (Phi) is 4.67. The summed E-state index contributed by atoms with van der Waals surface area (Å²) in [6.45, 7) is 1.98. The summed E-state index contributed by atoms with van der Waals surface area (Å²) >= 11 is 3.39. The minimum Gasteiger partial charge on any atom is -0.481 e. The summed E-state index contributed by atoms with van der Waals surface area (Å²) in [6.07, 6.45) is 0.778. The minimum absolute atomic E-state index is 0.205. The monoisotopic (exact) mass is 308 g/mol. The van der Waals surface area contributed by atoms with E-state index < -0.39 is 16.8 Å². The Bertz CT molecular complexity index is 431. The molecule has 5 nitrogen and oxygen atoms in total. The van der Waals surface area contributed by atoms with Crippen molar-refractivity contribution in [2.24, 2.45) is 7.05 Å². The van der Waals surface area contributed by atoms with Crippen LogP contribution in [0.3, 0.4) is 0 Å². The SMILES string of the molecule is CCc1nn(C)c(CS(=O)CC(=O)O)c1Br. The van der Waals surface area contributed by atoms with Gasteiger partial charge in [0.05, 0.1) is 21.6 Å². The predicted octanol–water partition coefficient (Wildman–Crippen LogP) is 1.08. The third kappa shape index (κ3) is 3.15. The highest BCUT2D eigenvalue weighted by Gasteiger charge is 2.16. The van der Waals surface area contributed by atoms with Gasteiger partial charge in [0.15, 0.2) is 0 Å². The van der Waals surface area contributed by atoms with Gasteiger partial charge in [-0.05, 0) is 22.4 Å². The van der Waals surface area contributed by atoms with Crippen LogP contribution in [0.25, 0.3) is 0 Å². The van der Waals surface area contributed by atoms with E-state index in [1.165, 1.54) is 0 Å². The second-order valence-electron chi connectivity index (χ2n) is 3.31. The Morgan fingerprint density at radius 2 is 2.25 bits per heavy atom. The lowest BCUT2D eigenvalue weighted by atomic mass is 10.3. The maximum Gasteiger partial charge on any atom is 0.316 e. The Hall–Kier alpha value is -0.690. The van der Waals surface area contributed by atoms with E-state index in [0.29, 0.717) is 0 Å². The van der Waals surface area contributed by atoms with Crippen LogP contribution in [-0.4, -0.2) is 30.8 Å². The summed E-state index contributed by atoms with van der Waals surface area (Å²) in [7, 11) is 0.360. The van der Waals surface area contributed by atoms with E-state index in [1.807, 2.05) is 6.92 Å². The molecule has 0 aromatic carbocycles. The van der Waals surface area contributed by atoms with Crippen molar-refractivity contribution in [3.63, 3.8) is 0 Å². The first-order valence-corrected chi connectivity index (χ1v) is 7.00. The van der Waals surface area contributed by atoms with E-state index in [0.717, 1.165) is 22.3 Å². The van der Waals surface area contributed by atoms with Crippen molar-refractivity contribution in [1.29, 1.82) is 0 Å². The number of carboxylic acids is 1. The van der Waals surface area contributed by atoms with Crippen LogP contribution in [0.5, 0.6) is 0 Å². The fraction of sp³-hybridized carbons (Fsp3) is 0.556. The van der Waals surface area contributed by atoms with Crippen molar-refractivity contribution in [3.05, 3.63) is 15.9 Å². The van der Waals surface area contributed by atoms with Crippen LogP contribution in [0.4, 0.5) is 0 Å². The first-order chi connectivity index (χ1) is 7.45. The largest absolute Gasteiger partial charge is 0.481 e. The molecule has 0 radical (unpaired) electrons. The van der Waals surface area contributed by atoms with Gasteiger partial charge in [0, 0.05) is 17.8 Å². The number of carbonyl (C=O) groups is 1. The van der Waals surface area contributed by atoms with Gasteiger partial charge in [-0.3, -0.25) is 13.7 Å². The van der Waals surface area contributed by atoms with Gasteiger partial charge < -0.3 is 5.11 Å². The van der Waals surface area contributed by atoms with E-state index in [1.54, 1.807) is 11.7 Å². The highest BCUT2D eigenvalue weighted by molar-refractivity contribution is 9.10.